The van der Waals surface area contributed by atoms with Gasteiger partial charge in [-0.3, -0.25) is 9.59 Å². The van der Waals surface area contributed by atoms with Gasteiger partial charge in [0.1, 0.15) is 11.6 Å². The fraction of sp³-hybridized carbons (Fsp3) is 0.600. The van der Waals surface area contributed by atoms with Crippen molar-refractivity contribution in [2.24, 2.45) is 0 Å². The Bertz CT molecular complexity index is 613. The molecule has 4 saturated heterocycles. The Morgan fingerprint density at radius 1 is 0.667 bits per heavy atom. The zero-order valence-electron chi connectivity index (χ0n) is 14.0. The third-order valence-corrected chi connectivity index (χ3v) is 6.52. The second-order valence-corrected chi connectivity index (χ2v) is 8.00. The summed E-state index contributed by atoms with van der Waals surface area (Å²) in [4.78, 5) is 28.8. The molecule has 4 atom stereocenters. The Labute approximate surface area is 142 Å². The van der Waals surface area contributed by atoms with E-state index in [1.54, 1.807) is 0 Å². The predicted molar refractivity (Wildman–Crippen MR) is 93.5 cm³/mol. The minimum absolute atomic E-state index is 0.395. The van der Waals surface area contributed by atoms with Crippen LogP contribution >= 0.6 is 0 Å². The number of carbonyl (C=O) groups is 2. The average molecular weight is 324 g/mol. The van der Waals surface area contributed by atoms with Gasteiger partial charge in [-0.1, -0.05) is 6.07 Å². The Morgan fingerprint density at radius 2 is 1.04 bits per heavy atom. The van der Waals surface area contributed by atoms with E-state index < -0.39 is 0 Å². The van der Waals surface area contributed by atoms with Crippen LogP contribution in [0.1, 0.15) is 51.4 Å². The summed E-state index contributed by atoms with van der Waals surface area (Å²) in [6, 6.07) is 10.4. The van der Waals surface area contributed by atoms with E-state index in [-0.39, 0.29) is 0 Å². The molecule has 4 fully saturated rings. The molecule has 4 aliphatic heterocycles. The predicted octanol–water partition coefficient (Wildman–Crippen LogP) is 3.09. The molecule has 5 rings (SSSR count). The molecule has 1 aromatic carbocycles. The van der Waals surface area contributed by atoms with Gasteiger partial charge in [0.2, 0.25) is 0 Å². The van der Waals surface area contributed by atoms with E-state index in [9.17, 15) is 9.59 Å². The van der Waals surface area contributed by atoms with E-state index >= 15 is 0 Å². The summed E-state index contributed by atoms with van der Waals surface area (Å²) in [5.41, 5.74) is 2.53. The van der Waals surface area contributed by atoms with Gasteiger partial charge < -0.3 is 9.80 Å². The lowest BCUT2D eigenvalue weighted by molar-refractivity contribution is -0.121. The van der Waals surface area contributed by atoms with Crippen molar-refractivity contribution in [1.82, 2.24) is 0 Å². The van der Waals surface area contributed by atoms with Crippen molar-refractivity contribution < 1.29 is 9.59 Å². The summed E-state index contributed by atoms with van der Waals surface area (Å²) < 4.78 is 0. The first-order chi connectivity index (χ1) is 11.7. The number of Topliss-reactive ketones (excluding diaryl/α,β-unsaturated/α-hetero) is 2. The van der Waals surface area contributed by atoms with Crippen molar-refractivity contribution in [2.45, 2.75) is 75.5 Å². The number of hydrogen-bond acceptors (Lipinski definition) is 4. The van der Waals surface area contributed by atoms with Gasteiger partial charge >= 0.3 is 0 Å². The van der Waals surface area contributed by atoms with Crippen molar-refractivity contribution >= 4 is 22.9 Å². The maximum Gasteiger partial charge on any atom is 0.137 e. The minimum Gasteiger partial charge on any atom is -0.365 e. The van der Waals surface area contributed by atoms with Crippen LogP contribution in [0.3, 0.4) is 0 Å². The second-order valence-electron chi connectivity index (χ2n) is 8.00. The van der Waals surface area contributed by atoms with Gasteiger partial charge in [0.15, 0.2) is 0 Å². The molecule has 4 nitrogen and oxygen atoms in total. The summed E-state index contributed by atoms with van der Waals surface area (Å²) in [5.74, 6) is 0.866. The number of nitrogens with zero attached hydrogens (tertiary/aromatic N) is 2. The Hall–Kier alpha value is -1.84. The minimum atomic E-state index is 0.395. The van der Waals surface area contributed by atoms with E-state index in [0.717, 1.165) is 25.7 Å². The molecule has 126 valence electrons. The SMILES string of the molecule is O=C1CC2CCC(C1)N2c1cccc(N2C3CCC2CC(=O)C3)c1. The molecule has 0 aromatic heterocycles. The number of hydrogen-bond donors (Lipinski definition) is 0. The topological polar surface area (TPSA) is 40.6 Å². The van der Waals surface area contributed by atoms with Crippen molar-refractivity contribution in [1.29, 1.82) is 0 Å². The summed E-state index contributed by atoms with van der Waals surface area (Å²) in [5, 5.41) is 0. The number of ketones is 2. The van der Waals surface area contributed by atoms with Crippen LogP contribution in [0.2, 0.25) is 0 Å². The molecule has 24 heavy (non-hydrogen) atoms. The van der Waals surface area contributed by atoms with Crippen molar-refractivity contribution in [2.75, 3.05) is 9.80 Å². The largest absolute Gasteiger partial charge is 0.365 e. The van der Waals surface area contributed by atoms with Gasteiger partial charge in [-0.15, -0.1) is 0 Å². The van der Waals surface area contributed by atoms with Crippen LogP contribution in [-0.2, 0) is 9.59 Å². The number of rotatable bonds is 2. The maximum absolute atomic E-state index is 11.9. The zero-order chi connectivity index (χ0) is 16.3. The molecule has 4 heteroatoms. The average Bonchev–Trinajstić information content (AvgIpc) is 2.99. The third kappa shape index (κ3) is 2.19. The Kier molecular flexibility index (Phi) is 3.22. The van der Waals surface area contributed by atoms with Gasteiger partial charge in [0.05, 0.1) is 0 Å². The molecular weight excluding hydrogens is 300 g/mol. The van der Waals surface area contributed by atoms with E-state index in [1.165, 1.54) is 11.4 Å². The molecule has 4 bridgehead atoms. The number of piperidine rings is 2. The zero-order valence-corrected chi connectivity index (χ0v) is 14.0. The van der Waals surface area contributed by atoms with Crippen LogP contribution in [0.5, 0.6) is 0 Å². The van der Waals surface area contributed by atoms with Crippen LogP contribution in [-0.4, -0.2) is 35.7 Å². The molecule has 4 unspecified atom stereocenters. The third-order valence-electron chi connectivity index (χ3n) is 6.52. The first-order valence-electron chi connectivity index (χ1n) is 9.39. The normalized spacial score (nSPS) is 35.0. The van der Waals surface area contributed by atoms with Gasteiger partial charge in [0, 0.05) is 61.2 Å². The smallest absolute Gasteiger partial charge is 0.137 e. The van der Waals surface area contributed by atoms with Crippen molar-refractivity contribution in [3.8, 4) is 0 Å². The van der Waals surface area contributed by atoms with E-state index in [4.69, 9.17) is 0 Å². The number of benzene rings is 1. The van der Waals surface area contributed by atoms with E-state index in [2.05, 4.69) is 34.1 Å². The van der Waals surface area contributed by atoms with Gasteiger partial charge in [0.25, 0.3) is 0 Å². The van der Waals surface area contributed by atoms with Gasteiger partial charge in [-0.2, -0.15) is 0 Å². The second kappa shape index (κ2) is 5.33. The Balaban J connectivity index is 1.45. The lowest BCUT2D eigenvalue weighted by Gasteiger charge is -2.39. The fourth-order valence-electron chi connectivity index (χ4n) is 5.60. The van der Waals surface area contributed by atoms with Gasteiger partial charge in [-0.25, -0.2) is 0 Å². The fourth-order valence-corrected chi connectivity index (χ4v) is 5.60. The molecule has 4 aliphatic rings. The standard InChI is InChI=1S/C20H24N2O2/c23-19-9-15-4-5-16(10-19)21(15)13-2-1-3-14(8-13)22-17-6-7-18(22)12-20(24)11-17/h1-3,8,15-18H,4-7,9-12H2. The van der Waals surface area contributed by atoms with E-state index in [1.807, 2.05) is 0 Å². The van der Waals surface area contributed by atoms with Crippen LogP contribution in [0, 0.1) is 0 Å². The summed E-state index contributed by atoms with van der Waals surface area (Å²) in [7, 11) is 0. The molecule has 0 spiro atoms. The molecule has 0 saturated carbocycles. The molecule has 1 aromatic rings. The van der Waals surface area contributed by atoms with Gasteiger partial charge in [-0.05, 0) is 43.9 Å². The van der Waals surface area contributed by atoms with Crippen molar-refractivity contribution in [3.05, 3.63) is 24.3 Å². The highest BCUT2D eigenvalue weighted by Crippen LogP contribution is 2.42. The maximum atomic E-state index is 11.9. The lowest BCUT2D eigenvalue weighted by Crippen LogP contribution is -2.44. The molecule has 0 radical (unpaired) electrons. The van der Waals surface area contributed by atoms with Crippen LogP contribution in [0.15, 0.2) is 24.3 Å². The molecule has 4 heterocycles. The van der Waals surface area contributed by atoms with Crippen LogP contribution in [0.4, 0.5) is 11.4 Å². The van der Waals surface area contributed by atoms with Crippen molar-refractivity contribution in [3.63, 3.8) is 0 Å². The summed E-state index contributed by atoms with van der Waals surface area (Å²) >= 11 is 0. The highest BCUT2D eigenvalue weighted by atomic mass is 16.1. The molecule has 0 aliphatic carbocycles. The van der Waals surface area contributed by atoms with E-state index in [0.29, 0.717) is 61.4 Å². The Morgan fingerprint density at radius 3 is 1.42 bits per heavy atom. The molecule has 0 N–H and O–H groups in total. The highest BCUT2D eigenvalue weighted by molar-refractivity contribution is 5.84. The molecular formula is C20H24N2O2. The first-order valence-corrected chi connectivity index (χ1v) is 9.39. The summed E-state index contributed by atoms with van der Waals surface area (Å²) in [6.07, 6.45) is 7.42. The summed E-state index contributed by atoms with van der Waals surface area (Å²) in [6.45, 7) is 0. The van der Waals surface area contributed by atoms with Crippen LogP contribution in [0.25, 0.3) is 0 Å². The lowest BCUT2D eigenvalue weighted by atomic mass is 9.99. The number of fused-ring (bicyclic) bond motifs is 4. The number of anilines is 2. The van der Waals surface area contributed by atoms with Crippen LogP contribution < -0.4 is 9.80 Å². The highest BCUT2D eigenvalue weighted by Gasteiger charge is 2.42. The number of carbonyl (C=O) groups excluding carboxylic acids is 2. The monoisotopic (exact) mass is 324 g/mol. The quantitative estimate of drug-likeness (QED) is 0.838. The first kappa shape index (κ1) is 14.5. The molecule has 0 amide bonds.